The summed E-state index contributed by atoms with van der Waals surface area (Å²) in [4.78, 5) is 26.5. The van der Waals surface area contributed by atoms with Crippen LogP contribution in [0.15, 0.2) is 71.1 Å². The van der Waals surface area contributed by atoms with Crippen molar-refractivity contribution in [2.45, 2.75) is 38.5 Å². The Morgan fingerprint density at radius 1 is 0.939 bits per heavy atom. The molecule has 0 bridgehead atoms. The second kappa shape index (κ2) is 9.53. The summed E-state index contributed by atoms with van der Waals surface area (Å²) in [6, 6.07) is 15.4. The lowest BCUT2D eigenvalue weighted by Crippen LogP contribution is -2.36. The molecule has 0 radical (unpaired) electrons. The highest BCUT2D eigenvalue weighted by atomic mass is 16.5. The molecule has 1 aliphatic heterocycles. The Labute approximate surface area is 194 Å². The van der Waals surface area contributed by atoms with Gasteiger partial charge in [0.25, 0.3) is 0 Å². The first-order chi connectivity index (χ1) is 16.0. The largest absolute Gasteiger partial charge is 0.497 e. The summed E-state index contributed by atoms with van der Waals surface area (Å²) >= 11 is 0. The lowest BCUT2D eigenvalue weighted by molar-refractivity contribution is -0.138. The van der Waals surface area contributed by atoms with Crippen molar-refractivity contribution in [2.75, 3.05) is 20.8 Å². The summed E-state index contributed by atoms with van der Waals surface area (Å²) in [7, 11) is 3.25. The predicted octanol–water partition coefficient (Wildman–Crippen LogP) is 4.63. The molecule has 2 aromatic carbocycles. The standard InChI is InChI=1S/C27H29NO5/c1-5-33-27(30)24-16(2)28-22-14-19(17-6-10-20(31-3)11-7-17)15-23(29)26(22)25(24)18-8-12-21(32-4)13-9-18/h6-13,19,25,28H,5,14-15H2,1-4H3/t19-,25+/m0/s1. The van der Waals surface area contributed by atoms with Gasteiger partial charge in [-0.15, -0.1) is 0 Å². The maximum atomic E-state index is 13.6. The Bertz CT molecular complexity index is 1110. The minimum absolute atomic E-state index is 0.0414. The molecule has 0 amide bonds. The van der Waals surface area contributed by atoms with Crippen LogP contribution in [-0.4, -0.2) is 32.6 Å². The molecule has 1 N–H and O–H groups in total. The molecule has 1 heterocycles. The highest BCUT2D eigenvalue weighted by molar-refractivity contribution is 6.04. The smallest absolute Gasteiger partial charge is 0.336 e. The molecule has 33 heavy (non-hydrogen) atoms. The van der Waals surface area contributed by atoms with Gasteiger partial charge >= 0.3 is 5.97 Å². The number of allylic oxidation sites excluding steroid dienone is 3. The molecular weight excluding hydrogens is 418 g/mol. The molecule has 6 heteroatoms. The lowest BCUT2D eigenvalue weighted by Gasteiger charge is -2.36. The van der Waals surface area contributed by atoms with Crippen LogP contribution in [0.1, 0.15) is 49.7 Å². The van der Waals surface area contributed by atoms with E-state index in [1.807, 2.05) is 55.5 Å². The van der Waals surface area contributed by atoms with Gasteiger partial charge in [-0.25, -0.2) is 4.79 Å². The first kappa shape index (κ1) is 22.6. The highest BCUT2D eigenvalue weighted by Gasteiger charge is 2.41. The number of benzene rings is 2. The molecule has 0 saturated carbocycles. The van der Waals surface area contributed by atoms with Crippen LogP contribution in [0.4, 0.5) is 0 Å². The highest BCUT2D eigenvalue weighted by Crippen LogP contribution is 2.46. The Kier molecular flexibility index (Phi) is 6.54. The predicted molar refractivity (Wildman–Crippen MR) is 125 cm³/mol. The zero-order valence-corrected chi connectivity index (χ0v) is 19.4. The van der Waals surface area contributed by atoms with Gasteiger partial charge in [-0.1, -0.05) is 24.3 Å². The van der Waals surface area contributed by atoms with Crippen LogP contribution in [0.3, 0.4) is 0 Å². The molecule has 2 aliphatic rings. The van der Waals surface area contributed by atoms with Gasteiger partial charge in [0.1, 0.15) is 11.5 Å². The molecule has 2 atom stereocenters. The number of methoxy groups -OCH3 is 2. The van der Waals surface area contributed by atoms with Crippen molar-refractivity contribution in [1.29, 1.82) is 0 Å². The van der Waals surface area contributed by atoms with Gasteiger partial charge in [-0.3, -0.25) is 4.79 Å². The van der Waals surface area contributed by atoms with Crippen LogP contribution in [0.5, 0.6) is 11.5 Å². The van der Waals surface area contributed by atoms with E-state index in [1.165, 1.54) is 0 Å². The van der Waals surface area contributed by atoms with Gasteiger partial charge in [0.2, 0.25) is 0 Å². The summed E-state index contributed by atoms with van der Waals surface area (Å²) in [5.74, 6) is 0.724. The van der Waals surface area contributed by atoms with Gasteiger partial charge in [0.05, 0.1) is 26.4 Å². The quantitative estimate of drug-likeness (QED) is 0.651. The van der Waals surface area contributed by atoms with Crippen molar-refractivity contribution >= 4 is 11.8 Å². The van der Waals surface area contributed by atoms with E-state index in [-0.39, 0.29) is 18.3 Å². The van der Waals surface area contributed by atoms with E-state index >= 15 is 0 Å². The summed E-state index contributed by atoms with van der Waals surface area (Å²) in [5, 5.41) is 3.37. The van der Waals surface area contributed by atoms with E-state index < -0.39 is 11.9 Å². The summed E-state index contributed by atoms with van der Waals surface area (Å²) < 4.78 is 15.9. The van der Waals surface area contributed by atoms with Crippen LogP contribution in [-0.2, 0) is 14.3 Å². The van der Waals surface area contributed by atoms with Crippen molar-refractivity contribution in [1.82, 2.24) is 5.32 Å². The monoisotopic (exact) mass is 447 g/mol. The maximum Gasteiger partial charge on any atom is 0.336 e. The molecule has 0 fully saturated rings. The number of Topliss-reactive ketones (excluding diaryl/α,β-unsaturated/α-hetero) is 1. The van der Waals surface area contributed by atoms with E-state index in [4.69, 9.17) is 14.2 Å². The molecule has 1 aliphatic carbocycles. The first-order valence-corrected chi connectivity index (χ1v) is 11.2. The normalized spacial score (nSPS) is 20.2. The molecule has 6 nitrogen and oxygen atoms in total. The van der Waals surface area contributed by atoms with Gasteiger partial charge in [-0.05, 0) is 61.6 Å². The fourth-order valence-electron chi connectivity index (χ4n) is 4.76. The lowest BCUT2D eigenvalue weighted by atomic mass is 9.71. The minimum Gasteiger partial charge on any atom is -0.497 e. The number of carbonyl (C=O) groups excluding carboxylic acids is 2. The minimum atomic E-state index is -0.476. The van der Waals surface area contributed by atoms with E-state index in [0.717, 1.165) is 34.0 Å². The van der Waals surface area contributed by atoms with Gasteiger partial charge in [-0.2, -0.15) is 0 Å². The first-order valence-electron chi connectivity index (χ1n) is 11.2. The van der Waals surface area contributed by atoms with Crippen molar-refractivity contribution in [3.05, 3.63) is 82.2 Å². The number of ether oxygens (including phenoxy) is 3. The maximum absolute atomic E-state index is 13.6. The van der Waals surface area contributed by atoms with Crippen LogP contribution < -0.4 is 14.8 Å². The second-order valence-corrected chi connectivity index (χ2v) is 8.28. The van der Waals surface area contributed by atoms with E-state index in [2.05, 4.69) is 5.32 Å². The average molecular weight is 448 g/mol. The van der Waals surface area contributed by atoms with E-state index in [0.29, 0.717) is 24.0 Å². The molecule has 0 saturated heterocycles. The zero-order valence-electron chi connectivity index (χ0n) is 19.4. The van der Waals surface area contributed by atoms with Gasteiger partial charge < -0.3 is 19.5 Å². The molecule has 172 valence electrons. The van der Waals surface area contributed by atoms with E-state index in [9.17, 15) is 9.59 Å². The summed E-state index contributed by atoms with van der Waals surface area (Å²) in [6.07, 6.45) is 1.07. The molecule has 4 rings (SSSR count). The van der Waals surface area contributed by atoms with Crippen molar-refractivity contribution < 1.29 is 23.8 Å². The number of carbonyl (C=O) groups is 2. The number of hydrogen-bond acceptors (Lipinski definition) is 6. The van der Waals surface area contributed by atoms with Gasteiger partial charge in [0, 0.05) is 29.3 Å². The van der Waals surface area contributed by atoms with Crippen LogP contribution in [0.25, 0.3) is 0 Å². The topological polar surface area (TPSA) is 73.9 Å². The Morgan fingerprint density at radius 2 is 1.52 bits per heavy atom. The third kappa shape index (κ3) is 4.38. The van der Waals surface area contributed by atoms with Crippen LogP contribution in [0.2, 0.25) is 0 Å². The zero-order chi connectivity index (χ0) is 23.5. The van der Waals surface area contributed by atoms with Crippen LogP contribution >= 0.6 is 0 Å². The average Bonchev–Trinajstić information content (AvgIpc) is 2.83. The molecule has 0 aromatic heterocycles. The Morgan fingerprint density at radius 3 is 2.06 bits per heavy atom. The van der Waals surface area contributed by atoms with E-state index in [1.54, 1.807) is 21.1 Å². The fourth-order valence-corrected chi connectivity index (χ4v) is 4.76. The van der Waals surface area contributed by atoms with Crippen molar-refractivity contribution in [2.24, 2.45) is 0 Å². The second-order valence-electron chi connectivity index (χ2n) is 8.28. The fraction of sp³-hybridized carbons (Fsp3) is 0.333. The van der Waals surface area contributed by atoms with Gasteiger partial charge in [0.15, 0.2) is 5.78 Å². The third-order valence-corrected chi connectivity index (χ3v) is 6.36. The van der Waals surface area contributed by atoms with Crippen molar-refractivity contribution in [3.63, 3.8) is 0 Å². The van der Waals surface area contributed by atoms with Crippen molar-refractivity contribution in [3.8, 4) is 11.5 Å². The van der Waals surface area contributed by atoms with Crippen LogP contribution in [0, 0.1) is 0 Å². The summed E-state index contributed by atoms with van der Waals surface area (Å²) in [6.45, 7) is 3.92. The number of nitrogens with one attached hydrogen (secondary N) is 1. The number of esters is 1. The SMILES string of the molecule is CCOC(=O)C1=C(C)NC2=C(C(=O)C[C@@H](c3ccc(OC)cc3)C2)[C@@H]1c1ccc(OC)cc1. The Balaban J connectivity index is 1.75. The summed E-state index contributed by atoms with van der Waals surface area (Å²) in [5.41, 5.74) is 4.69. The molecule has 2 aromatic rings. The molecular formula is C27H29NO5. The number of ketones is 1. The number of dihydropyridines is 1. The molecule has 0 unspecified atom stereocenters. The molecule has 0 spiro atoms. The third-order valence-electron chi connectivity index (χ3n) is 6.36. The Hall–Kier alpha value is -3.54. The number of hydrogen-bond donors (Lipinski definition) is 1. The number of rotatable bonds is 6.